The molecule has 2 N–H and O–H groups in total. The lowest BCUT2D eigenvalue weighted by Gasteiger charge is -2.26. The number of rotatable bonds is 9. The van der Waals surface area contributed by atoms with Crippen LogP contribution in [0.4, 0.5) is 0 Å². The van der Waals surface area contributed by atoms with Crippen molar-refractivity contribution < 1.29 is 27.9 Å². The van der Waals surface area contributed by atoms with Gasteiger partial charge in [-0.3, -0.25) is 9.59 Å². The molecule has 1 saturated heterocycles. The highest BCUT2D eigenvalue weighted by molar-refractivity contribution is 7.89. The third-order valence-corrected chi connectivity index (χ3v) is 8.70. The molecule has 200 valence electrons. The SMILES string of the molecule is COc1ccccc1-c1ccc([C@H](CC(=O)O)NC(=O)[C@@H]2CCCN2S(=O)(=O)c2cc(Cl)cc(Cl)c2)cc1. The van der Waals surface area contributed by atoms with Crippen molar-refractivity contribution >= 4 is 45.1 Å². The van der Waals surface area contributed by atoms with Crippen molar-refractivity contribution in [3.05, 3.63) is 82.3 Å². The van der Waals surface area contributed by atoms with Crippen LogP contribution >= 0.6 is 23.2 Å². The van der Waals surface area contributed by atoms with Crippen molar-refractivity contribution in [1.82, 2.24) is 9.62 Å². The Balaban J connectivity index is 1.57. The molecule has 3 aromatic carbocycles. The van der Waals surface area contributed by atoms with Crippen molar-refractivity contribution in [3.63, 3.8) is 0 Å². The van der Waals surface area contributed by atoms with Crippen LogP contribution in [0, 0.1) is 0 Å². The summed E-state index contributed by atoms with van der Waals surface area (Å²) >= 11 is 12.0. The van der Waals surface area contributed by atoms with Crippen LogP contribution < -0.4 is 10.1 Å². The van der Waals surface area contributed by atoms with Gasteiger partial charge in [-0.15, -0.1) is 0 Å². The second-order valence-corrected chi connectivity index (χ2v) is 11.6. The lowest BCUT2D eigenvalue weighted by Crippen LogP contribution is -2.47. The minimum Gasteiger partial charge on any atom is -0.496 e. The van der Waals surface area contributed by atoms with Gasteiger partial charge >= 0.3 is 5.97 Å². The van der Waals surface area contributed by atoms with E-state index in [0.717, 1.165) is 15.4 Å². The molecule has 1 fully saturated rings. The lowest BCUT2D eigenvalue weighted by atomic mass is 9.98. The van der Waals surface area contributed by atoms with Crippen LogP contribution in [0.2, 0.25) is 10.0 Å². The zero-order valence-corrected chi connectivity index (χ0v) is 22.8. The van der Waals surface area contributed by atoms with Gasteiger partial charge in [0.1, 0.15) is 11.8 Å². The molecule has 1 amide bonds. The average molecular weight is 577 g/mol. The zero-order valence-electron chi connectivity index (χ0n) is 20.4. The van der Waals surface area contributed by atoms with Crippen molar-refractivity contribution in [2.75, 3.05) is 13.7 Å². The van der Waals surface area contributed by atoms with E-state index in [4.69, 9.17) is 27.9 Å². The smallest absolute Gasteiger partial charge is 0.305 e. The molecular formula is C27H26Cl2N2O6S. The number of sulfonamides is 1. The first-order chi connectivity index (χ1) is 18.1. The molecular weight excluding hydrogens is 551 g/mol. The number of aliphatic carboxylic acids is 1. The summed E-state index contributed by atoms with van der Waals surface area (Å²) in [4.78, 5) is 24.8. The number of hydrogen-bond acceptors (Lipinski definition) is 5. The number of nitrogens with zero attached hydrogens (tertiary/aromatic N) is 1. The Hall–Kier alpha value is -3.11. The van der Waals surface area contributed by atoms with E-state index >= 15 is 0 Å². The van der Waals surface area contributed by atoms with Crippen LogP contribution in [-0.4, -0.2) is 49.4 Å². The first-order valence-corrected chi connectivity index (χ1v) is 14.0. The molecule has 0 aromatic heterocycles. The predicted molar refractivity (Wildman–Crippen MR) is 145 cm³/mol. The Bertz CT molecular complexity index is 1430. The van der Waals surface area contributed by atoms with Gasteiger partial charge in [-0.2, -0.15) is 4.31 Å². The Morgan fingerprint density at radius 1 is 1.08 bits per heavy atom. The van der Waals surface area contributed by atoms with E-state index in [1.165, 1.54) is 18.2 Å². The summed E-state index contributed by atoms with van der Waals surface area (Å²) in [5.41, 5.74) is 2.31. The van der Waals surface area contributed by atoms with E-state index in [-0.39, 0.29) is 27.9 Å². The van der Waals surface area contributed by atoms with Crippen molar-refractivity contribution in [2.24, 2.45) is 0 Å². The number of para-hydroxylation sites is 1. The second-order valence-electron chi connectivity index (χ2n) is 8.86. The highest BCUT2D eigenvalue weighted by atomic mass is 35.5. The van der Waals surface area contributed by atoms with Crippen molar-refractivity contribution in [2.45, 2.75) is 36.2 Å². The monoisotopic (exact) mass is 576 g/mol. The summed E-state index contributed by atoms with van der Waals surface area (Å²) in [6.45, 7) is 0.141. The highest BCUT2D eigenvalue weighted by Gasteiger charge is 2.40. The third kappa shape index (κ3) is 6.13. The quantitative estimate of drug-likeness (QED) is 0.364. The summed E-state index contributed by atoms with van der Waals surface area (Å²) in [5, 5.41) is 12.6. The number of carboxylic acids is 1. The van der Waals surface area contributed by atoms with E-state index in [0.29, 0.717) is 24.2 Å². The zero-order chi connectivity index (χ0) is 27.4. The molecule has 11 heteroatoms. The van der Waals surface area contributed by atoms with Gasteiger partial charge in [-0.1, -0.05) is 65.7 Å². The van der Waals surface area contributed by atoms with E-state index in [1.54, 1.807) is 19.2 Å². The molecule has 0 spiro atoms. The first-order valence-electron chi connectivity index (χ1n) is 11.8. The van der Waals surface area contributed by atoms with Crippen LogP contribution in [0.3, 0.4) is 0 Å². The van der Waals surface area contributed by atoms with Gasteiger partial charge in [-0.05, 0) is 48.2 Å². The predicted octanol–water partition coefficient (Wildman–Crippen LogP) is 5.15. The minimum atomic E-state index is -4.07. The standard InChI is InChI=1S/C27H26Cl2N2O6S/c1-37-25-7-3-2-5-22(25)17-8-10-18(11-9-17)23(16-26(32)33)30-27(34)24-6-4-12-31(24)38(35,36)21-14-19(28)13-20(29)15-21/h2-3,5,7-11,13-15,23-24H,4,6,12,16H2,1H3,(H,30,34)(H,32,33)/t23-,24-/m0/s1. The van der Waals surface area contributed by atoms with Crippen LogP contribution in [0.5, 0.6) is 5.75 Å². The van der Waals surface area contributed by atoms with Gasteiger partial charge in [0.2, 0.25) is 15.9 Å². The topological polar surface area (TPSA) is 113 Å². The van der Waals surface area contributed by atoms with Gasteiger partial charge in [0.05, 0.1) is 24.5 Å². The molecule has 3 aromatic rings. The summed E-state index contributed by atoms with van der Waals surface area (Å²) in [5.74, 6) is -0.980. The maximum Gasteiger partial charge on any atom is 0.305 e. The van der Waals surface area contributed by atoms with Gasteiger partial charge in [0.15, 0.2) is 0 Å². The fraction of sp³-hybridized carbons (Fsp3) is 0.259. The van der Waals surface area contributed by atoms with Crippen LogP contribution in [0.15, 0.2) is 71.6 Å². The maximum atomic E-state index is 13.3. The lowest BCUT2D eigenvalue weighted by molar-refractivity contribution is -0.137. The number of amides is 1. The molecule has 1 aliphatic rings. The molecule has 0 aliphatic carbocycles. The number of ether oxygens (including phenoxy) is 1. The van der Waals surface area contributed by atoms with Gasteiger partial charge in [0, 0.05) is 22.2 Å². The average Bonchev–Trinajstić information content (AvgIpc) is 3.39. The normalized spacial score (nSPS) is 16.7. The molecule has 38 heavy (non-hydrogen) atoms. The highest BCUT2D eigenvalue weighted by Crippen LogP contribution is 2.32. The number of methoxy groups -OCH3 is 1. The fourth-order valence-electron chi connectivity index (χ4n) is 4.58. The van der Waals surface area contributed by atoms with Crippen LogP contribution in [0.1, 0.15) is 30.9 Å². The molecule has 2 atom stereocenters. The van der Waals surface area contributed by atoms with Gasteiger partial charge in [0.25, 0.3) is 0 Å². The molecule has 4 rings (SSSR count). The van der Waals surface area contributed by atoms with Crippen LogP contribution in [0.25, 0.3) is 11.1 Å². The number of hydrogen-bond donors (Lipinski definition) is 2. The van der Waals surface area contributed by atoms with Crippen molar-refractivity contribution in [3.8, 4) is 16.9 Å². The van der Waals surface area contributed by atoms with Gasteiger partial charge in [-0.25, -0.2) is 8.42 Å². The van der Waals surface area contributed by atoms with E-state index in [2.05, 4.69) is 5.32 Å². The molecule has 0 unspecified atom stereocenters. The van der Waals surface area contributed by atoms with E-state index in [9.17, 15) is 23.1 Å². The summed E-state index contributed by atoms with van der Waals surface area (Å²) < 4.78 is 33.2. The van der Waals surface area contributed by atoms with Crippen molar-refractivity contribution in [1.29, 1.82) is 0 Å². The minimum absolute atomic E-state index is 0.108. The molecule has 0 saturated carbocycles. The number of carbonyl (C=O) groups excluding carboxylic acids is 1. The first kappa shape index (κ1) is 27.9. The fourth-order valence-corrected chi connectivity index (χ4v) is 6.96. The number of carbonyl (C=O) groups is 2. The number of benzene rings is 3. The molecule has 1 heterocycles. The molecule has 0 radical (unpaired) electrons. The maximum absolute atomic E-state index is 13.3. The Morgan fingerprint density at radius 2 is 1.74 bits per heavy atom. The van der Waals surface area contributed by atoms with Crippen LogP contribution in [-0.2, 0) is 19.6 Å². The van der Waals surface area contributed by atoms with E-state index < -0.39 is 34.0 Å². The van der Waals surface area contributed by atoms with Gasteiger partial charge < -0.3 is 15.2 Å². The molecule has 1 aliphatic heterocycles. The molecule has 8 nitrogen and oxygen atoms in total. The molecule has 0 bridgehead atoms. The number of nitrogens with one attached hydrogen (secondary N) is 1. The Labute approximate surface area is 231 Å². The number of carboxylic acid groups (broad SMARTS) is 1. The summed E-state index contributed by atoms with van der Waals surface area (Å²) in [6.07, 6.45) is 0.401. The van der Waals surface area contributed by atoms with E-state index in [1.807, 2.05) is 36.4 Å². The third-order valence-electron chi connectivity index (χ3n) is 6.38. The largest absolute Gasteiger partial charge is 0.496 e. The second kappa shape index (κ2) is 11.7. The summed E-state index contributed by atoms with van der Waals surface area (Å²) in [7, 11) is -2.49. The summed E-state index contributed by atoms with van der Waals surface area (Å²) in [6, 6.07) is 16.8. The Morgan fingerprint density at radius 3 is 2.37 bits per heavy atom. The Kier molecular flexibility index (Phi) is 8.62. The number of halogens is 2.